The molecule has 8 heteroatoms. The molecule has 3 rings (SSSR count). The third-order valence-corrected chi connectivity index (χ3v) is 7.78. The lowest BCUT2D eigenvalue weighted by molar-refractivity contribution is 0.0971. The van der Waals surface area contributed by atoms with Crippen LogP contribution in [0.15, 0.2) is 52.7 Å². The highest BCUT2D eigenvalue weighted by molar-refractivity contribution is 7.89. The molecule has 0 saturated heterocycles. The summed E-state index contributed by atoms with van der Waals surface area (Å²) in [5.74, 6) is -0.396. The molecule has 0 bridgehead atoms. The SMILES string of the molecule is CC(=O)c1ccc(S(=O)(=O)N(C)CC(=O)c2cc(C)n(Cc3cccs3)c2C)cc1. The average molecular weight is 445 g/mol. The second kappa shape index (κ2) is 8.67. The fourth-order valence-corrected chi connectivity index (χ4v) is 5.12. The molecule has 6 nitrogen and oxygen atoms in total. The van der Waals surface area contributed by atoms with Crippen LogP contribution in [0.5, 0.6) is 0 Å². The number of ketones is 2. The second-order valence-corrected chi connectivity index (χ2v) is 10.3. The molecule has 0 spiro atoms. The Morgan fingerprint density at radius 3 is 2.33 bits per heavy atom. The van der Waals surface area contributed by atoms with Gasteiger partial charge in [-0.3, -0.25) is 9.59 Å². The fraction of sp³-hybridized carbons (Fsp3) is 0.273. The summed E-state index contributed by atoms with van der Waals surface area (Å²) >= 11 is 1.65. The van der Waals surface area contributed by atoms with Crippen LogP contribution in [-0.2, 0) is 16.6 Å². The van der Waals surface area contributed by atoms with Crippen molar-refractivity contribution in [2.75, 3.05) is 13.6 Å². The summed E-state index contributed by atoms with van der Waals surface area (Å²) in [6.07, 6.45) is 0. The van der Waals surface area contributed by atoms with Gasteiger partial charge < -0.3 is 4.57 Å². The van der Waals surface area contributed by atoms with Gasteiger partial charge in [-0.1, -0.05) is 18.2 Å². The van der Waals surface area contributed by atoms with Crippen LogP contribution in [0.25, 0.3) is 0 Å². The van der Waals surface area contributed by atoms with Crippen LogP contribution >= 0.6 is 11.3 Å². The van der Waals surface area contributed by atoms with E-state index in [0.29, 0.717) is 17.7 Å². The lowest BCUT2D eigenvalue weighted by Crippen LogP contribution is -2.32. The molecule has 0 aliphatic carbocycles. The Kier molecular flexibility index (Phi) is 6.40. The Morgan fingerprint density at radius 1 is 1.10 bits per heavy atom. The van der Waals surface area contributed by atoms with Gasteiger partial charge in [-0.2, -0.15) is 4.31 Å². The summed E-state index contributed by atoms with van der Waals surface area (Å²) in [5, 5.41) is 2.01. The molecule has 2 aromatic heterocycles. The topological polar surface area (TPSA) is 76.5 Å². The number of benzene rings is 1. The molecule has 0 amide bonds. The third kappa shape index (κ3) is 4.45. The van der Waals surface area contributed by atoms with E-state index in [-0.39, 0.29) is 23.0 Å². The van der Waals surface area contributed by atoms with Gasteiger partial charge in [0.1, 0.15) is 0 Å². The zero-order chi connectivity index (χ0) is 22.1. The lowest BCUT2D eigenvalue weighted by Gasteiger charge is -2.17. The summed E-state index contributed by atoms with van der Waals surface area (Å²) in [6.45, 7) is 5.65. The third-order valence-electron chi connectivity index (χ3n) is 5.10. The van der Waals surface area contributed by atoms with E-state index in [1.165, 1.54) is 43.1 Å². The summed E-state index contributed by atoms with van der Waals surface area (Å²) in [6, 6.07) is 11.6. The van der Waals surface area contributed by atoms with Crippen molar-refractivity contribution < 1.29 is 18.0 Å². The molecule has 158 valence electrons. The standard InChI is InChI=1S/C22H24N2O4S2/c1-15-12-21(16(2)24(15)13-19-6-5-11-29-19)22(26)14-23(4)30(27,28)20-9-7-18(8-10-20)17(3)25/h5-12H,13-14H2,1-4H3. The Labute approximate surface area is 180 Å². The lowest BCUT2D eigenvalue weighted by atomic mass is 10.1. The van der Waals surface area contributed by atoms with Crippen LogP contribution in [0.3, 0.4) is 0 Å². The van der Waals surface area contributed by atoms with Crippen LogP contribution in [0, 0.1) is 13.8 Å². The van der Waals surface area contributed by atoms with Gasteiger partial charge in [-0.05, 0) is 50.4 Å². The number of aryl methyl sites for hydroxylation is 1. The molecule has 0 aliphatic rings. The summed E-state index contributed by atoms with van der Waals surface area (Å²) in [5.41, 5.74) is 2.74. The number of aromatic nitrogens is 1. The van der Waals surface area contributed by atoms with E-state index < -0.39 is 10.0 Å². The molecule has 1 aromatic carbocycles. The number of rotatable bonds is 8. The van der Waals surface area contributed by atoms with Gasteiger partial charge in [0, 0.05) is 34.4 Å². The zero-order valence-corrected chi connectivity index (χ0v) is 19.0. The molecule has 30 heavy (non-hydrogen) atoms. The molecular formula is C22H24N2O4S2. The minimum absolute atomic E-state index is 0.0472. The number of hydrogen-bond acceptors (Lipinski definition) is 5. The summed E-state index contributed by atoms with van der Waals surface area (Å²) in [7, 11) is -2.46. The normalized spacial score (nSPS) is 11.8. The smallest absolute Gasteiger partial charge is 0.243 e. The molecule has 0 N–H and O–H groups in total. The van der Waals surface area contributed by atoms with Crippen LogP contribution in [0.4, 0.5) is 0 Å². The first kappa shape index (κ1) is 22.1. The first-order chi connectivity index (χ1) is 14.1. The summed E-state index contributed by atoms with van der Waals surface area (Å²) in [4.78, 5) is 25.5. The van der Waals surface area contributed by atoms with Crippen molar-refractivity contribution in [3.05, 3.63) is 75.2 Å². The first-order valence-corrected chi connectivity index (χ1v) is 11.7. The highest BCUT2D eigenvalue weighted by atomic mass is 32.2. The molecule has 0 aliphatic heterocycles. The van der Waals surface area contributed by atoms with E-state index in [9.17, 15) is 18.0 Å². The van der Waals surface area contributed by atoms with Crippen molar-refractivity contribution in [2.45, 2.75) is 32.2 Å². The van der Waals surface area contributed by atoms with E-state index in [4.69, 9.17) is 0 Å². The minimum Gasteiger partial charge on any atom is -0.343 e. The molecule has 2 heterocycles. The summed E-state index contributed by atoms with van der Waals surface area (Å²) < 4.78 is 28.8. The number of carbonyl (C=O) groups excluding carboxylic acids is 2. The number of Topliss-reactive ketones (excluding diaryl/α,β-unsaturated/α-hetero) is 2. The van der Waals surface area contributed by atoms with Crippen molar-refractivity contribution in [3.8, 4) is 0 Å². The molecular weight excluding hydrogens is 420 g/mol. The van der Waals surface area contributed by atoms with Crippen molar-refractivity contribution in [1.82, 2.24) is 8.87 Å². The number of nitrogens with zero attached hydrogens (tertiary/aromatic N) is 2. The largest absolute Gasteiger partial charge is 0.343 e. The Balaban J connectivity index is 1.79. The fourth-order valence-electron chi connectivity index (χ4n) is 3.30. The van der Waals surface area contributed by atoms with E-state index in [1.54, 1.807) is 11.3 Å². The maximum absolute atomic E-state index is 12.9. The van der Waals surface area contributed by atoms with E-state index >= 15 is 0 Å². The van der Waals surface area contributed by atoms with Gasteiger partial charge in [0.15, 0.2) is 11.6 Å². The molecule has 0 saturated carbocycles. The van der Waals surface area contributed by atoms with E-state index in [1.807, 2.05) is 37.4 Å². The van der Waals surface area contributed by atoms with Gasteiger partial charge in [-0.25, -0.2) is 8.42 Å². The quantitative estimate of drug-likeness (QED) is 0.494. The average Bonchev–Trinajstić information content (AvgIpc) is 3.31. The Hall–Kier alpha value is -2.55. The molecule has 0 fully saturated rings. The van der Waals surface area contributed by atoms with Crippen LogP contribution in [0.1, 0.15) is 43.9 Å². The van der Waals surface area contributed by atoms with Crippen LogP contribution in [-0.4, -0.2) is 42.4 Å². The highest BCUT2D eigenvalue weighted by Crippen LogP contribution is 2.21. The number of sulfonamides is 1. The van der Waals surface area contributed by atoms with Crippen molar-refractivity contribution in [1.29, 1.82) is 0 Å². The minimum atomic E-state index is -3.85. The molecule has 0 radical (unpaired) electrons. The number of thiophene rings is 1. The number of carbonyl (C=O) groups is 2. The van der Waals surface area contributed by atoms with Gasteiger partial charge in [0.25, 0.3) is 0 Å². The van der Waals surface area contributed by atoms with Crippen molar-refractivity contribution >= 4 is 32.9 Å². The van der Waals surface area contributed by atoms with Gasteiger partial charge in [0.05, 0.1) is 18.0 Å². The Morgan fingerprint density at radius 2 is 1.77 bits per heavy atom. The van der Waals surface area contributed by atoms with Crippen LogP contribution in [0.2, 0.25) is 0 Å². The molecule has 0 atom stereocenters. The second-order valence-electron chi connectivity index (χ2n) is 7.22. The molecule has 3 aromatic rings. The van der Waals surface area contributed by atoms with Crippen molar-refractivity contribution in [3.63, 3.8) is 0 Å². The van der Waals surface area contributed by atoms with E-state index in [2.05, 4.69) is 4.57 Å². The maximum Gasteiger partial charge on any atom is 0.243 e. The van der Waals surface area contributed by atoms with Crippen LogP contribution < -0.4 is 0 Å². The predicted molar refractivity (Wildman–Crippen MR) is 118 cm³/mol. The molecule has 0 unspecified atom stereocenters. The van der Waals surface area contributed by atoms with Gasteiger partial charge in [0.2, 0.25) is 10.0 Å². The number of likely N-dealkylation sites (N-methyl/N-ethyl adjacent to an activating group) is 1. The highest BCUT2D eigenvalue weighted by Gasteiger charge is 2.25. The number of hydrogen-bond donors (Lipinski definition) is 0. The first-order valence-electron chi connectivity index (χ1n) is 9.41. The van der Waals surface area contributed by atoms with Crippen molar-refractivity contribution in [2.24, 2.45) is 0 Å². The predicted octanol–water partition coefficient (Wildman–Crippen LogP) is 3.92. The maximum atomic E-state index is 12.9. The monoisotopic (exact) mass is 444 g/mol. The van der Waals surface area contributed by atoms with Gasteiger partial charge in [-0.15, -0.1) is 11.3 Å². The zero-order valence-electron chi connectivity index (χ0n) is 17.4. The van der Waals surface area contributed by atoms with E-state index in [0.717, 1.165) is 15.7 Å². The Bertz CT molecular complexity index is 1170. The van der Waals surface area contributed by atoms with Gasteiger partial charge >= 0.3 is 0 Å².